The first-order valence-corrected chi connectivity index (χ1v) is 7.58. The summed E-state index contributed by atoms with van der Waals surface area (Å²) in [6, 6.07) is 2.61. The van der Waals surface area contributed by atoms with Crippen LogP contribution in [0.3, 0.4) is 0 Å². The molecule has 2 aromatic heterocycles. The Balaban J connectivity index is 1.74. The van der Waals surface area contributed by atoms with Crippen LogP contribution in [0.2, 0.25) is 0 Å². The lowest BCUT2D eigenvalue weighted by atomic mass is 9.90. The van der Waals surface area contributed by atoms with Gasteiger partial charge in [-0.05, 0) is 44.4 Å². The van der Waals surface area contributed by atoms with E-state index in [0.717, 1.165) is 31.8 Å². The molecule has 0 aliphatic carbocycles. The van der Waals surface area contributed by atoms with Crippen molar-refractivity contribution in [1.82, 2.24) is 20.1 Å². The van der Waals surface area contributed by atoms with Crippen molar-refractivity contribution in [3.8, 4) is 0 Å². The zero-order valence-corrected chi connectivity index (χ0v) is 12.9. The molecule has 0 N–H and O–H groups in total. The maximum Gasteiger partial charge on any atom is 0.221 e. The Morgan fingerprint density at radius 2 is 2.14 bits per heavy atom. The molecule has 1 aliphatic heterocycles. The highest BCUT2D eigenvalue weighted by molar-refractivity contribution is 5.17. The van der Waals surface area contributed by atoms with Crippen LogP contribution in [0.5, 0.6) is 0 Å². The molecule has 1 fully saturated rings. The van der Waals surface area contributed by atoms with Crippen LogP contribution in [0, 0.1) is 13.8 Å². The molecule has 0 radical (unpaired) electrons. The summed E-state index contributed by atoms with van der Waals surface area (Å²) in [7, 11) is 0. The van der Waals surface area contributed by atoms with Crippen LogP contribution < -0.4 is 0 Å². The highest BCUT2D eigenvalue weighted by atomic mass is 16.4. The van der Waals surface area contributed by atoms with Crippen LogP contribution in [-0.2, 0) is 6.54 Å². The molecule has 0 amide bonds. The number of nitrogens with zero attached hydrogens (tertiary/aromatic N) is 4. The lowest BCUT2D eigenvalue weighted by molar-refractivity contribution is 0.118. The molecule has 5 heteroatoms. The van der Waals surface area contributed by atoms with Gasteiger partial charge in [-0.1, -0.05) is 6.07 Å². The molecule has 112 valence electrons. The van der Waals surface area contributed by atoms with Crippen LogP contribution >= 0.6 is 0 Å². The van der Waals surface area contributed by atoms with Crippen molar-refractivity contribution in [3.63, 3.8) is 0 Å². The van der Waals surface area contributed by atoms with Crippen molar-refractivity contribution in [2.24, 2.45) is 0 Å². The van der Waals surface area contributed by atoms with Crippen molar-refractivity contribution in [2.45, 2.75) is 52.1 Å². The molecule has 5 nitrogen and oxygen atoms in total. The molecule has 2 aromatic rings. The molecular formula is C16H22N4O. The molecule has 3 heterocycles. The van der Waals surface area contributed by atoms with Gasteiger partial charge in [-0.2, -0.15) is 0 Å². The van der Waals surface area contributed by atoms with Crippen molar-refractivity contribution >= 4 is 0 Å². The first kappa shape index (κ1) is 14.2. The summed E-state index contributed by atoms with van der Waals surface area (Å²) in [4.78, 5) is 6.78. The second-order valence-corrected chi connectivity index (χ2v) is 5.99. The summed E-state index contributed by atoms with van der Waals surface area (Å²) in [5, 5.41) is 8.19. The molecule has 0 spiro atoms. The van der Waals surface area contributed by atoms with Crippen molar-refractivity contribution in [2.75, 3.05) is 6.54 Å². The molecule has 21 heavy (non-hydrogen) atoms. The Morgan fingerprint density at radius 3 is 2.86 bits per heavy atom. The number of aryl methyl sites for hydroxylation is 2. The van der Waals surface area contributed by atoms with Gasteiger partial charge in [0.15, 0.2) is 0 Å². The second-order valence-electron chi connectivity index (χ2n) is 5.99. The Labute approximate surface area is 125 Å². The van der Waals surface area contributed by atoms with Crippen LogP contribution in [-0.4, -0.2) is 32.7 Å². The van der Waals surface area contributed by atoms with Gasteiger partial charge in [-0.3, -0.25) is 9.88 Å². The number of pyridine rings is 1. The topological polar surface area (TPSA) is 55.1 Å². The average Bonchev–Trinajstić information content (AvgIpc) is 2.88. The Bertz CT molecular complexity index is 610. The van der Waals surface area contributed by atoms with Crippen molar-refractivity contribution in [1.29, 1.82) is 0 Å². The minimum atomic E-state index is 0.331. The number of hydrogen-bond donors (Lipinski definition) is 0. The van der Waals surface area contributed by atoms with Gasteiger partial charge >= 0.3 is 0 Å². The second kappa shape index (κ2) is 5.93. The first-order valence-electron chi connectivity index (χ1n) is 7.58. The fourth-order valence-corrected chi connectivity index (χ4v) is 3.17. The van der Waals surface area contributed by atoms with E-state index in [0.29, 0.717) is 17.9 Å². The fraction of sp³-hybridized carbons (Fsp3) is 0.562. The summed E-state index contributed by atoms with van der Waals surface area (Å²) in [5.74, 6) is 1.77. The highest BCUT2D eigenvalue weighted by Crippen LogP contribution is 2.32. The maximum absolute atomic E-state index is 5.65. The minimum Gasteiger partial charge on any atom is -0.425 e. The minimum absolute atomic E-state index is 0.331. The van der Waals surface area contributed by atoms with E-state index in [1.54, 1.807) is 0 Å². The standard InChI is InChI=1S/C16H22N4O/c1-11-7-14(9-17-8-11)10-20-6-4-5-15(12(20)2)16-19-18-13(3)21-16/h7-9,12,15H,4-6,10H2,1-3H3/t12-,15-/m0/s1. The predicted octanol–water partition coefficient (Wildman–Crippen LogP) is 2.85. The molecule has 2 atom stereocenters. The zero-order valence-electron chi connectivity index (χ0n) is 12.9. The highest BCUT2D eigenvalue weighted by Gasteiger charge is 2.32. The summed E-state index contributed by atoms with van der Waals surface area (Å²) in [6.45, 7) is 8.23. The van der Waals surface area contributed by atoms with Gasteiger partial charge in [0.25, 0.3) is 0 Å². The first-order chi connectivity index (χ1) is 10.1. The van der Waals surface area contributed by atoms with Gasteiger partial charge in [0.05, 0.1) is 5.92 Å². The third-order valence-electron chi connectivity index (χ3n) is 4.29. The number of rotatable bonds is 3. The third kappa shape index (κ3) is 3.13. The summed E-state index contributed by atoms with van der Waals surface area (Å²) >= 11 is 0. The Morgan fingerprint density at radius 1 is 1.29 bits per heavy atom. The fourth-order valence-electron chi connectivity index (χ4n) is 3.17. The molecular weight excluding hydrogens is 264 g/mol. The van der Waals surface area contributed by atoms with Gasteiger partial charge in [0.2, 0.25) is 11.8 Å². The molecule has 0 bridgehead atoms. The van der Waals surface area contributed by atoms with Gasteiger partial charge in [-0.25, -0.2) is 0 Å². The summed E-state index contributed by atoms with van der Waals surface area (Å²) in [6.07, 6.45) is 6.13. The van der Waals surface area contributed by atoms with E-state index in [1.165, 1.54) is 11.1 Å². The maximum atomic E-state index is 5.65. The number of piperidine rings is 1. The third-order valence-corrected chi connectivity index (χ3v) is 4.29. The lowest BCUT2D eigenvalue weighted by Crippen LogP contribution is -2.41. The molecule has 0 unspecified atom stereocenters. The van der Waals surface area contributed by atoms with Gasteiger partial charge < -0.3 is 4.42 Å². The number of hydrogen-bond acceptors (Lipinski definition) is 5. The lowest BCUT2D eigenvalue weighted by Gasteiger charge is -2.37. The largest absolute Gasteiger partial charge is 0.425 e. The monoisotopic (exact) mass is 286 g/mol. The van der Waals surface area contributed by atoms with Gasteiger partial charge in [0.1, 0.15) is 0 Å². The van der Waals surface area contributed by atoms with Crippen LogP contribution in [0.15, 0.2) is 22.9 Å². The molecule has 0 saturated carbocycles. The van der Waals surface area contributed by atoms with Crippen LogP contribution in [0.4, 0.5) is 0 Å². The van der Waals surface area contributed by atoms with E-state index in [2.05, 4.69) is 40.0 Å². The molecule has 1 aliphatic rings. The smallest absolute Gasteiger partial charge is 0.221 e. The van der Waals surface area contributed by atoms with Crippen LogP contribution in [0.1, 0.15) is 48.6 Å². The number of likely N-dealkylation sites (tertiary alicyclic amines) is 1. The molecule has 0 aromatic carbocycles. The van der Waals surface area contributed by atoms with E-state index in [1.807, 2.05) is 19.3 Å². The van der Waals surface area contributed by atoms with E-state index in [4.69, 9.17) is 4.42 Å². The van der Waals surface area contributed by atoms with Crippen LogP contribution in [0.25, 0.3) is 0 Å². The SMILES string of the molecule is Cc1cncc(CN2CCC[C@H](c3nnc(C)o3)[C@@H]2C)c1. The van der Waals surface area contributed by atoms with E-state index in [-0.39, 0.29) is 0 Å². The summed E-state index contributed by atoms with van der Waals surface area (Å²) < 4.78 is 5.65. The van der Waals surface area contributed by atoms with E-state index in [9.17, 15) is 0 Å². The normalized spacial score (nSPS) is 23.4. The number of aromatic nitrogens is 3. The average molecular weight is 286 g/mol. The molecule has 3 rings (SSSR count). The predicted molar refractivity (Wildman–Crippen MR) is 79.9 cm³/mol. The Kier molecular flexibility index (Phi) is 4.01. The quantitative estimate of drug-likeness (QED) is 0.868. The molecule has 1 saturated heterocycles. The summed E-state index contributed by atoms with van der Waals surface area (Å²) in [5.41, 5.74) is 2.48. The van der Waals surface area contributed by atoms with Crippen molar-refractivity contribution in [3.05, 3.63) is 41.4 Å². The van der Waals surface area contributed by atoms with E-state index < -0.39 is 0 Å². The van der Waals surface area contributed by atoms with Gasteiger partial charge in [0, 0.05) is 31.9 Å². The zero-order chi connectivity index (χ0) is 14.8. The Hall–Kier alpha value is -1.75. The van der Waals surface area contributed by atoms with E-state index >= 15 is 0 Å². The van der Waals surface area contributed by atoms with Crippen molar-refractivity contribution < 1.29 is 4.42 Å². The van der Waals surface area contributed by atoms with Gasteiger partial charge in [-0.15, -0.1) is 10.2 Å².